The number of aromatic hydroxyl groups is 1. The van der Waals surface area contributed by atoms with Gasteiger partial charge in [0, 0.05) is 65.7 Å². The molecule has 2 aromatic carbocycles. The van der Waals surface area contributed by atoms with Crippen LogP contribution in [-0.2, 0) is 40.6 Å². The minimum absolute atomic E-state index is 0. The number of phenolic OH excluding ortho intramolecular Hbond substituents is 1. The van der Waals surface area contributed by atoms with Gasteiger partial charge in [-0.15, -0.1) is 13.1 Å². The number of nitrogens with one attached hydrogen (secondary N) is 1. The van der Waals surface area contributed by atoms with E-state index in [9.17, 15) is 18.3 Å². The average molecular weight is 693 g/mol. The van der Waals surface area contributed by atoms with Gasteiger partial charge in [0.25, 0.3) is 0 Å². The van der Waals surface area contributed by atoms with E-state index in [-0.39, 0.29) is 57.6 Å². The molecule has 2 rings (SSSR count). The van der Waals surface area contributed by atoms with Gasteiger partial charge in [-0.1, -0.05) is 5.56 Å². The molecule has 0 aliphatic heterocycles. The van der Waals surface area contributed by atoms with Crippen LogP contribution < -0.4 is 14.2 Å². The third kappa shape index (κ3) is 11.3. The smallest absolute Gasteiger partial charge is 0.422 e. The third-order valence-electron chi connectivity index (χ3n) is 4.95. The van der Waals surface area contributed by atoms with Crippen LogP contribution in [0.2, 0.25) is 0 Å². The molecule has 204 valence electrons. The molecule has 0 aliphatic rings. The summed E-state index contributed by atoms with van der Waals surface area (Å²) >= 11 is 0. The zero-order valence-electron chi connectivity index (χ0n) is 21.2. The summed E-state index contributed by atoms with van der Waals surface area (Å²) in [6.07, 6.45) is 0.0808. The standard InChI is InChI=1S/C25H32F3N4O4.W/c1-31(2)7-8-32(17-29)15-19-11-23(33)22(24(12-19)36-16-25(26,27)28)5-6-30-14-18-9-20(34-3)13-21(10-18)35-4;/h7-13,17,29,33H,5-6,14-16H2,1-4H3;/q-1;/b8-7-,29-17?;. The van der Waals surface area contributed by atoms with Crippen LogP contribution in [0.3, 0.4) is 0 Å². The van der Waals surface area contributed by atoms with Crippen LogP contribution >= 0.6 is 0 Å². The molecule has 0 amide bonds. The zero-order chi connectivity index (χ0) is 26.7. The summed E-state index contributed by atoms with van der Waals surface area (Å²) in [5, 5.41) is 22.6. The van der Waals surface area contributed by atoms with Gasteiger partial charge in [0.1, 0.15) is 23.0 Å². The van der Waals surface area contributed by atoms with Crippen molar-refractivity contribution >= 4 is 6.34 Å². The number of methoxy groups -OCH3 is 2. The largest absolute Gasteiger partial charge is 0.658 e. The fourth-order valence-corrected chi connectivity index (χ4v) is 3.24. The molecule has 0 atom stereocenters. The molecule has 8 nitrogen and oxygen atoms in total. The van der Waals surface area contributed by atoms with Crippen LogP contribution in [0.4, 0.5) is 13.2 Å². The van der Waals surface area contributed by atoms with E-state index >= 15 is 0 Å². The first-order valence-electron chi connectivity index (χ1n) is 11.0. The number of ether oxygens (including phenoxy) is 3. The van der Waals surface area contributed by atoms with Gasteiger partial charge in [-0.2, -0.15) is 13.2 Å². The Bertz CT molecular complexity index is 1010. The molecule has 0 saturated carbocycles. The van der Waals surface area contributed by atoms with Gasteiger partial charge < -0.3 is 34.4 Å². The van der Waals surface area contributed by atoms with Crippen LogP contribution in [-0.4, -0.2) is 68.9 Å². The second-order valence-corrected chi connectivity index (χ2v) is 8.13. The quantitative estimate of drug-likeness (QED) is 0.166. The van der Waals surface area contributed by atoms with E-state index in [1.807, 2.05) is 26.2 Å². The Labute approximate surface area is 229 Å². The number of rotatable bonds is 14. The maximum absolute atomic E-state index is 12.9. The summed E-state index contributed by atoms with van der Waals surface area (Å²) in [6.45, 7) is -0.755. The Hall–Kier alpha value is -2.91. The van der Waals surface area contributed by atoms with Crippen molar-refractivity contribution in [3.8, 4) is 23.0 Å². The van der Waals surface area contributed by atoms with Crippen LogP contribution in [0.1, 0.15) is 16.7 Å². The SMILES string of the molecule is COc1cc(C[N-]CCc2c(O)cc(CN(C=N)/C=C\N(C)C)cc2OCC(F)(F)F)cc(OC)c1.[W]. The molecule has 12 heteroatoms. The van der Waals surface area contributed by atoms with Crippen molar-refractivity contribution in [2.24, 2.45) is 0 Å². The van der Waals surface area contributed by atoms with Gasteiger partial charge in [0.05, 0.1) is 20.6 Å². The van der Waals surface area contributed by atoms with Gasteiger partial charge in [0.15, 0.2) is 6.61 Å². The molecule has 0 saturated heterocycles. The average Bonchev–Trinajstić information content (AvgIpc) is 2.83. The maximum atomic E-state index is 12.9. The molecule has 0 bridgehead atoms. The number of alkyl halides is 3. The summed E-state index contributed by atoms with van der Waals surface area (Å²) in [5.41, 5.74) is 1.57. The molecule has 0 fully saturated rings. The first-order chi connectivity index (χ1) is 17.0. The molecule has 0 unspecified atom stereocenters. The Balaban J connectivity index is 0.00000684. The summed E-state index contributed by atoms with van der Waals surface area (Å²) in [4.78, 5) is 3.29. The molecule has 37 heavy (non-hydrogen) atoms. The van der Waals surface area contributed by atoms with E-state index < -0.39 is 12.8 Å². The minimum Gasteiger partial charge on any atom is -0.658 e. The van der Waals surface area contributed by atoms with Crippen molar-refractivity contribution in [3.05, 3.63) is 64.7 Å². The molecule has 0 heterocycles. The van der Waals surface area contributed by atoms with Crippen molar-refractivity contribution in [3.63, 3.8) is 0 Å². The van der Waals surface area contributed by atoms with Gasteiger partial charge >= 0.3 is 6.18 Å². The Morgan fingerprint density at radius 1 is 1.00 bits per heavy atom. The fraction of sp³-hybridized carbons (Fsp3) is 0.400. The Morgan fingerprint density at radius 3 is 2.19 bits per heavy atom. The zero-order valence-corrected chi connectivity index (χ0v) is 24.1. The maximum Gasteiger partial charge on any atom is 0.422 e. The van der Waals surface area contributed by atoms with Crippen molar-refractivity contribution in [2.75, 3.05) is 41.5 Å². The van der Waals surface area contributed by atoms with E-state index in [0.29, 0.717) is 23.6 Å². The van der Waals surface area contributed by atoms with E-state index in [1.54, 1.807) is 37.6 Å². The second kappa shape index (κ2) is 15.4. The topological polar surface area (TPSA) is 92.4 Å². The van der Waals surface area contributed by atoms with Crippen molar-refractivity contribution < 1.29 is 53.6 Å². The molecular formula is C25H32F3N4O4W-. The van der Waals surface area contributed by atoms with Crippen LogP contribution in [0.25, 0.3) is 5.32 Å². The van der Waals surface area contributed by atoms with Gasteiger partial charge in [-0.25, -0.2) is 0 Å². The van der Waals surface area contributed by atoms with Gasteiger partial charge in [-0.05, 0) is 36.2 Å². The number of benzene rings is 2. The molecular weight excluding hydrogens is 661 g/mol. The van der Waals surface area contributed by atoms with Gasteiger partial charge in [-0.3, -0.25) is 5.41 Å². The first kappa shape index (κ1) is 32.1. The van der Waals surface area contributed by atoms with Crippen molar-refractivity contribution in [1.29, 1.82) is 5.41 Å². The Morgan fingerprint density at radius 2 is 1.65 bits per heavy atom. The van der Waals surface area contributed by atoms with Crippen LogP contribution in [0, 0.1) is 5.41 Å². The first-order valence-corrected chi connectivity index (χ1v) is 11.0. The van der Waals surface area contributed by atoms with E-state index in [0.717, 1.165) is 11.9 Å². The van der Waals surface area contributed by atoms with E-state index in [1.165, 1.54) is 17.0 Å². The summed E-state index contributed by atoms with van der Waals surface area (Å²) < 4.78 is 54.1. The molecule has 0 spiro atoms. The molecule has 0 aliphatic carbocycles. The predicted octanol–water partition coefficient (Wildman–Crippen LogP) is 4.91. The summed E-state index contributed by atoms with van der Waals surface area (Å²) in [5.74, 6) is 0.983. The van der Waals surface area contributed by atoms with E-state index in [4.69, 9.17) is 19.6 Å². The third-order valence-corrected chi connectivity index (χ3v) is 4.95. The van der Waals surface area contributed by atoms with Crippen LogP contribution in [0.15, 0.2) is 42.7 Å². The number of halogens is 3. The van der Waals surface area contributed by atoms with Crippen molar-refractivity contribution in [1.82, 2.24) is 9.80 Å². The number of nitrogens with zero attached hydrogens (tertiary/aromatic N) is 3. The van der Waals surface area contributed by atoms with Crippen molar-refractivity contribution in [2.45, 2.75) is 25.7 Å². The summed E-state index contributed by atoms with van der Waals surface area (Å²) in [7, 11) is 6.73. The molecule has 2 N–H and O–H groups in total. The van der Waals surface area contributed by atoms with E-state index in [2.05, 4.69) is 5.32 Å². The number of hydrogen-bond acceptors (Lipinski definition) is 6. The fourth-order valence-electron chi connectivity index (χ4n) is 3.24. The predicted molar refractivity (Wildman–Crippen MR) is 132 cm³/mol. The second-order valence-electron chi connectivity index (χ2n) is 8.13. The number of hydrogen-bond donors (Lipinski definition) is 2. The normalized spacial score (nSPS) is 11.1. The molecule has 0 aromatic heterocycles. The van der Waals surface area contributed by atoms with Crippen LogP contribution in [0.5, 0.6) is 23.0 Å². The molecule has 0 radical (unpaired) electrons. The number of phenols is 1. The Kier molecular flexibility index (Phi) is 13.3. The monoisotopic (exact) mass is 693 g/mol. The van der Waals surface area contributed by atoms with Gasteiger partial charge in [0.2, 0.25) is 0 Å². The summed E-state index contributed by atoms with van der Waals surface area (Å²) in [6, 6.07) is 8.28. The minimum atomic E-state index is -4.53. The molecule has 2 aromatic rings.